The number of benzene rings is 1. The fourth-order valence-electron chi connectivity index (χ4n) is 1.80. The van der Waals surface area contributed by atoms with Crippen LogP contribution in [0.25, 0.3) is 5.57 Å². The molecule has 1 aromatic rings. The van der Waals surface area contributed by atoms with Crippen molar-refractivity contribution in [1.82, 2.24) is 5.48 Å². The molecule has 0 spiro atoms. The molecule has 1 aliphatic carbocycles. The average molecular weight is 282 g/mol. The minimum Gasteiger partial charge on any atom is -0.399 e. The van der Waals surface area contributed by atoms with E-state index in [-0.39, 0.29) is 13.2 Å². The Kier molecular flexibility index (Phi) is 4.49. The fraction of sp³-hybridized carbons (Fsp3) is 0.286. The van der Waals surface area contributed by atoms with E-state index in [0.29, 0.717) is 11.3 Å². The Morgan fingerprint density at radius 3 is 2.65 bits per heavy atom. The number of anilines is 1. The lowest BCUT2D eigenvalue weighted by Crippen LogP contribution is -2.48. The van der Waals surface area contributed by atoms with Crippen molar-refractivity contribution >= 4 is 11.3 Å². The van der Waals surface area contributed by atoms with Gasteiger partial charge in [-0.25, -0.2) is 8.78 Å². The SMILES string of the molecule is Nc1ccc(C2=CC(F)C(F)(NOCCO)C=C2)cc1. The number of alkyl halides is 2. The minimum atomic E-state index is -2.44. The van der Waals surface area contributed by atoms with Gasteiger partial charge in [0.2, 0.25) is 5.79 Å². The van der Waals surface area contributed by atoms with Gasteiger partial charge in [-0.2, -0.15) is 5.48 Å². The predicted molar refractivity (Wildman–Crippen MR) is 72.9 cm³/mol. The molecule has 2 rings (SSSR count). The molecule has 20 heavy (non-hydrogen) atoms. The Morgan fingerprint density at radius 1 is 1.35 bits per heavy atom. The number of rotatable bonds is 5. The Labute approximate surface area is 115 Å². The molecule has 1 aliphatic rings. The van der Waals surface area contributed by atoms with Gasteiger partial charge in [-0.05, 0) is 35.4 Å². The van der Waals surface area contributed by atoms with Gasteiger partial charge in [-0.1, -0.05) is 18.2 Å². The number of allylic oxidation sites excluding steroid dienone is 2. The van der Waals surface area contributed by atoms with Gasteiger partial charge in [0.15, 0.2) is 6.17 Å². The van der Waals surface area contributed by atoms with Crippen LogP contribution in [-0.4, -0.2) is 30.3 Å². The van der Waals surface area contributed by atoms with E-state index in [1.807, 2.05) is 5.48 Å². The van der Waals surface area contributed by atoms with Crippen molar-refractivity contribution in [2.45, 2.75) is 12.0 Å². The summed E-state index contributed by atoms with van der Waals surface area (Å²) in [6, 6.07) is 6.85. The summed E-state index contributed by atoms with van der Waals surface area (Å²) in [5.74, 6) is -2.44. The van der Waals surface area contributed by atoms with E-state index >= 15 is 0 Å². The van der Waals surface area contributed by atoms with Crippen LogP contribution in [0.3, 0.4) is 0 Å². The standard InChI is InChI=1S/C14H16F2N2O2/c15-13-9-11(10-1-3-12(17)4-2-10)5-6-14(13,16)18-20-8-7-19/h1-6,9,13,18-19H,7-8,17H2. The molecule has 0 radical (unpaired) electrons. The highest BCUT2D eigenvalue weighted by molar-refractivity contribution is 5.76. The summed E-state index contributed by atoms with van der Waals surface area (Å²) in [5, 5.41) is 8.54. The second-order valence-corrected chi connectivity index (χ2v) is 4.42. The largest absolute Gasteiger partial charge is 0.399 e. The molecule has 0 saturated heterocycles. The summed E-state index contributed by atoms with van der Waals surface area (Å²) >= 11 is 0. The first kappa shape index (κ1) is 14.6. The number of aliphatic hydroxyl groups excluding tert-OH is 1. The number of aliphatic hydroxyl groups is 1. The van der Waals surface area contributed by atoms with Crippen LogP contribution in [0.15, 0.2) is 42.5 Å². The topological polar surface area (TPSA) is 67.5 Å². The zero-order chi connectivity index (χ0) is 14.6. The zero-order valence-electron chi connectivity index (χ0n) is 10.7. The van der Waals surface area contributed by atoms with Gasteiger partial charge in [-0.3, -0.25) is 4.84 Å². The number of hydrogen-bond acceptors (Lipinski definition) is 4. The monoisotopic (exact) mass is 282 g/mol. The summed E-state index contributed by atoms with van der Waals surface area (Å²) in [6.45, 7) is -0.406. The van der Waals surface area contributed by atoms with Gasteiger partial charge >= 0.3 is 0 Å². The van der Waals surface area contributed by atoms with Crippen molar-refractivity contribution in [3.05, 3.63) is 48.1 Å². The van der Waals surface area contributed by atoms with Crippen molar-refractivity contribution in [3.8, 4) is 0 Å². The van der Waals surface area contributed by atoms with E-state index in [1.54, 1.807) is 24.3 Å². The van der Waals surface area contributed by atoms with E-state index in [1.165, 1.54) is 12.2 Å². The van der Waals surface area contributed by atoms with Crippen molar-refractivity contribution in [2.75, 3.05) is 18.9 Å². The molecule has 0 amide bonds. The molecule has 0 heterocycles. The minimum absolute atomic E-state index is 0.124. The second kappa shape index (κ2) is 6.13. The van der Waals surface area contributed by atoms with E-state index in [4.69, 9.17) is 10.8 Å². The van der Waals surface area contributed by atoms with Crippen LogP contribution in [0, 0.1) is 0 Å². The number of nitrogen functional groups attached to an aromatic ring is 1. The molecule has 6 heteroatoms. The summed E-state index contributed by atoms with van der Waals surface area (Å²) < 4.78 is 28.1. The van der Waals surface area contributed by atoms with E-state index in [9.17, 15) is 8.78 Å². The van der Waals surface area contributed by atoms with Crippen LogP contribution in [0.4, 0.5) is 14.5 Å². The molecular formula is C14H16F2N2O2. The zero-order valence-corrected chi connectivity index (χ0v) is 10.7. The second-order valence-electron chi connectivity index (χ2n) is 4.42. The first-order chi connectivity index (χ1) is 9.55. The molecule has 2 unspecified atom stereocenters. The lowest BCUT2D eigenvalue weighted by molar-refractivity contribution is -0.0898. The quantitative estimate of drug-likeness (QED) is 0.333. The summed E-state index contributed by atoms with van der Waals surface area (Å²) in [7, 11) is 0. The van der Waals surface area contributed by atoms with Gasteiger partial charge < -0.3 is 10.8 Å². The summed E-state index contributed by atoms with van der Waals surface area (Å²) in [5.41, 5.74) is 9.47. The number of nitrogens with two attached hydrogens (primary N) is 1. The van der Waals surface area contributed by atoms with Crippen LogP contribution in [0.5, 0.6) is 0 Å². The van der Waals surface area contributed by atoms with Gasteiger partial charge in [0, 0.05) is 5.69 Å². The van der Waals surface area contributed by atoms with E-state index < -0.39 is 12.0 Å². The third-order valence-electron chi connectivity index (χ3n) is 2.90. The average Bonchev–Trinajstić information content (AvgIpc) is 2.43. The highest BCUT2D eigenvalue weighted by atomic mass is 19.2. The maximum atomic E-state index is 14.2. The highest BCUT2D eigenvalue weighted by Crippen LogP contribution is 2.30. The van der Waals surface area contributed by atoms with E-state index in [2.05, 4.69) is 4.84 Å². The normalized spacial score (nSPS) is 25.6. The molecule has 0 fully saturated rings. The molecule has 108 valence electrons. The molecule has 4 N–H and O–H groups in total. The van der Waals surface area contributed by atoms with Gasteiger partial charge in [-0.15, -0.1) is 0 Å². The maximum Gasteiger partial charge on any atom is 0.236 e. The number of halogens is 2. The fourth-order valence-corrected chi connectivity index (χ4v) is 1.80. The molecule has 0 bridgehead atoms. The van der Waals surface area contributed by atoms with Crippen LogP contribution < -0.4 is 11.2 Å². The van der Waals surface area contributed by atoms with Crippen LogP contribution in [0.2, 0.25) is 0 Å². The predicted octanol–water partition coefficient (Wildman–Crippen LogP) is 1.74. The van der Waals surface area contributed by atoms with Crippen molar-refractivity contribution < 1.29 is 18.7 Å². The third kappa shape index (κ3) is 3.22. The molecule has 0 aromatic heterocycles. The first-order valence-corrected chi connectivity index (χ1v) is 6.15. The molecule has 1 aromatic carbocycles. The van der Waals surface area contributed by atoms with Gasteiger partial charge in [0.05, 0.1) is 13.2 Å². The summed E-state index contributed by atoms with van der Waals surface area (Å²) in [6.07, 6.45) is 1.79. The van der Waals surface area contributed by atoms with Crippen LogP contribution in [0.1, 0.15) is 5.56 Å². The van der Waals surface area contributed by atoms with Crippen molar-refractivity contribution in [2.24, 2.45) is 0 Å². The molecule has 0 aliphatic heterocycles. The smallest absolute Gasteiger partial charge is 0.236 e. The maximum absolute atomic E-state index is 14.2. The Balaban J connectivity index is 2.10. The van der Waals surface area contributed by atoms with Crippen LogP contribution in [-0.2, 0) is 4.84 Å². The van der Waals surface area contributed by atoms with Gasteiger partial charge in [0.1, 0.15) is 0 Å². The molecular weight excluding hydrogens is 266 g/mol. The third-order valence-corrected chi connectivity index (χ3v) is 2.90. The molecule has 2 atom stereocenters. The molecule has 4 nitrogen and oxygen atoms in total. The van der Waals surface area contributed by atoms with E-state index in [0.717, 1.165) is 11.6 Å². The Hall–Kier alpha value is -1.76. The van der Waals surface area contributed by atoms with Crippen LogP contribution >= 0.6 is 0 Å². The number of hydroxylamine groups is 1. The highest BCUT2D eigenvalue weighted by Gasteiger charge is 2.38. The Morgan fingerprint density at radius 2 is 2.05 bits per heavy atom. The van der Waals surface area contributed by atoms with Crippen molar-refractivity contribution in [1.29, 1.82) is 0 Å². The number of hydrogen-bond donors (Lipinski definition) is 3. The lowest BCUT2D eigenvalue weighted by atomic mass is 9.95. The number of nitrogens with one attached hydrogen (secondary N) is 1. The lowest BCUT2D eigenvalue weighted by Gasteiger charge is -2.28. The first-order valence-electron chi connectivity index (χ1n) is 6.15. The van der Waals surface area contributed by atoms with Gasteiger partial charge in [0.25, 0.3) is 0 Å². The molecule has 0 saturated carbocycles. The van der Waals surface area contributed by atoms with Crippen molar-refractivity contribution in [3.63, 3.8) is 0 Å². The summed E-state index contributed by atoms with van der Waals surface area (Å²) in [4.78, 5) is 4.64. The Bertz CT molecular complexity index is 516.